The van der Waals surface area contributed by atoms with E-state index in [-0.39, 0.29) is 0 Å². The lowest BCUT2D eigenvalue weighted by Crippen LogP contribution is -1.91. The van der Waals surface area contributed by atoms with Gasteiger partial charge in [0, 0.05) is 11.1 Å². The number of hydrogen-bond acceptors (Lipinski definition) is 5. The molecule has 0 radical (unpaired) electrons. The molecule has 92 valence electrons. The molecule has 2 N–H and O–H groups in total. The zero-order valence-electron chi connectivity index (χ0n) is 10.2. The van der Waals surface area contributed by atoms with Crippen molar-refractivity contribution in [1.29, 1.82) is 0 Å². The third kappa shape index (κ3) is 2.02. The van der Waals surface area contributed by atoms with E-state index in [1.165, 1.54) is 17.7 Å². The van der Waals surface area contributed by atoms with Gasteiger partial charge in [-0.15, -0.1) is 6.42 Å². The SMILES string of the molecule is C#Cc1cc(C)cc(-c2nc3c(N)ncnc3s2)c1. The monoisotopic (exact) mass is 266 g/mol. The lowest BCUT2D eigenvalue weighted by atomic mass is 10.1. The molecule has 0 atom stereocenters. The van der Waals surface area contributed by atoms with Crippen molar-refractivity contribution in [3.63, 3.8) is 0 Å². The molecule has 0 saturated heterocycles. The van der Waals surface area contributed by atoms with Crippen LogP contribution in [0.2, 0.25) is 0 Å². The Balaban J connectivity index is 2.22. The second kappa shape index (κ2) is 4.34. The topological polar surface area (TPSA) is 64.7 Å². The van der Waals surface area contributed by atoms with E-state index in [9.17, 15) is 0 Å². The molecule has 1 aromatic carbocycles. The van der Waals surface area contributed by atoms with Crippen LogP contribution in [0, 0.1) is 19.3 Å². The van der Waals surface area contributed by atoms with Gasteiger partial charge >= 0.3 is 0 Å². The summed E-state index contributed by atoms with van der Waals surface area (Å²) < 4.78 is 0. The molecule has 0 amide bonds. The Labute approximate surface area is 114 Å². The number of nitrogens with two attached hydrogens (primary N) is 1. The van der Waals surface area contributed by atoms with E-state index in [1.54, 1.807) is 0 Å². The maximum atomic E-state index is 5.79. The van der Waals surface area contributed by atoms with Gasteiger partial charge in [0.25, 0.3) is 0 Å². The Hall–Kier alpha value is -2.45. The molecule has 0 aliphatic rings. The first-order valence-corrected chi connectivity index (χ1v) is 6.44. The predicted octanol–water partition coefficient (Wildman–Crippen LogP) is 2.63. The lowest BCUT2D eigenvalue weighted by Gasteiger charge is -2.00. The minimum absolute atomic E-state index is 0.400. The highest BCUT2D eigenvalue weighted by atomic mass is 32.1. The maximum absolute atomic E-state index is 5.79. The molecule has 0 fully saturated rings. The van der Waals surface area contributed by atoms with Gasteiger partial charge in [-0.1, -0.05) is 17.3 Å². The van der Waals surface area contributed by atoms with Gasteiger partial charge in [-0.2, -0.15) is 0 Å². The highest BCUT2D eigenvalue weighted by molar-refractivity contribution is 7.21. The molecule has 0 saturated carbocycles. The molecule has 4 nitrogen and oxygen atoms in total. The van der Waals surface area contributed by atoms with Crippen LogP contribution < -0.4 is 5.73 Å². The maximum Gasteiger partial charge on any atom is 0.154 e. The van der Waals surface area contributed by atoms with Crippen LogP contribution in [-0.4, -0.2) is 15.0 Å². The van der Waals surface area contributed by atoms with E-state index in [0.717, 1.165) is 26.5 Å². The quantitative estimate of drug-likeness (QED) is 0.688. The van der Waals surface area contributed by atoms with Crippen LogP contribution >= 0.6 is 11.3 Å². The van der Waals surface area contributed by atoms with Crippen LogP contribution in [0.3, 0.4) is 0 Å². The minimum Gasteiger partial charge on any atom is -0.382 e. The van der Waals surface area contributed by atoms with Crippen LogP contribution in [0.4, 0.5) is 5.82 Å². The Morgan fingerprint density at radius 2 is 2.11 bits per heavy atom. The van der Waals surface area contributed by atoms with E-state index < -0.39 is 0 Å². The predicted molar refractivity (Wildman–Crippen MR) is 77.7 cm³/mol. The summed E-state index contributed by atoms with van der Waals surface area (Å²) in [6, 6.07) is 5.95. The fourth-order valence-corrected chi connectivity index (χ4v) is 2.79. The zero-order chi connectivity index (χ0) is 13.4. The number of nitrogens with zero attached hydrogens (tertiary/aromatic N) is 3. The van der Waals surface area contributed by atoms with Gasteiger partial charge in [-0.3, -0.25) is 0 Å². The number of benzene rings is 1. The van der Waals surface area contributed by atoms with Gasteiger partial charge in [0.15, 0.2) is 5.82 Å². The number of aryl methyl sites for hydroxylation is 1. The molecule has 2 aromatic heterocycles. The van der Waals surface area contributed by atoms with Crippen molar-refractivity contribution < 1.29 is 0 Å². The number of aromatic nitrogens is 3. The number of nitrogen functional groups attached to an aromatic ring is 1. The molecule has 5 heteroatoms. The molecule has 2 heterocycles. The molecule has 0 spiro atoms. The van der Waals surface area contributed by atoms with Crippen LogP contribution in [0.15, 0.2) is 24.5 Å². The van der Waals surface area contributed by atoms with E-state index in [4.69, 9.17) is 12.2 Å². The number of thiazole rings is 1. The number of anilines is 1. The summed E-state index contributed by atoms with van der Waals surface area (Å²) in [5, 5.41) is 0.849. The van der Waals surface area contributed by atoms with E-state index in [2.05, 4.69) is 20.9 Å². The third-order valence-corrected chi connectivity index (χ3v) is 3.73. The van der Waals surface area contributed by atoms with E-state index >= 15 is 0 Å². The van der Waals surface area contributed by atoms with E-state index in [0.29, 0.717) is 11.3 Å². The molecular formula is C14H10N4S. The largest absolute Gasteiger partial charge is 0.382 e. The van der Waals surface area contributed by atoms with Crippen molar-refractivity contribution in [3.8, 4) is 22.9 Å². The molecule has 3 rings (SSSR count). The van der Waals surface area contributed by atoms with Crippen molar-refractivity contribution in [2.45, 2.75) is 6.92 Å². The molecule has 0 bridgehead atoms. The van der Waals surface area contributed by atoms with Gasteiger partial charge in [0.05, 0.1) is 0 Å². The Bertz CT molecular complexity index is 814. The van der Waals surface area contributed by atoms with Gasteiger partial charge in [0.2, 0.25) is 0 Å². The van der Waals surface area contributed by atoms with Gasteiger partial charge in [0.1, 0.15) is 21.7 Å². The van der Waals surface area contributed by atoms with Gasteiger partial charge in [-0.25, -0.2) is 15.0 Å². The van der Waals surface area contributed by atoms with E-state index in [1.807, 2.05) is 25.1 Å². The second-order valence-corrected chi connectivity index (χ2v) is 5.14. The fraction of sp³-hybridized carbons (Fsp3) is 0.0714. The Morgan fingerprint density at radius 1 is 1.26 bits per heavy atom. The highest BCUT2D eigenvalue weighted by Gasteiger charge is 2.10. The van der Waals surface area contributed by atoms with Crippen LogP contribution in [0.25, 0.3) is 20.9 Å². The average molecular weight is 266 g/mol. The fourth-order valence-electron chi connectivity index (χ4n) is 1.88. The molecule has 0 unspecified atom stereocenters. The summed E-state index contributed by atoms with van der Waals surface area (Å²) in [7, 11) is 0. The summed E-state index contributed by atoms with van der Waals surface area (Å²) >= 11 is 1.48. The number of hydrogen-bond donors (Lipinski definition) is 1. The van der Waals surface area contributed by atoms with Crippen LogP contribution in [-0.2, 0) is 0 Å². The molecular weight excluding hydrogens is 256 g/mol. The van der Waals surface area contributed by atoms with Crippen LogP contribution in [0.5, 0.6) is 0 Å². The summed E-state index contributed by atoms with van der Waals surface area (Å²) in [5.74, 6) is 3.05. The van der Waals surface area contributed by atoms with Crippen molar-refractivity contribution in [2.24, 2.45) is 0 Å². The number of rotatable bonds is 1. The summed E-state index contributed by atoms with van der Waals surface area (Å²) in [6.45, 7) is 2.01. The minimum atomic E-state index is 0.400. The third-order valence-electron chi connectivity index (χ3n) is 2.71. The summed E-state index contributed by atoms with van der Waals surface area (Å²) in [5.41, 5.74) is 9.36. The average Bonchev–Trinajstić information content (AvgIpc) is 2.83. The van der Waals surface area contributed by atoms with Crippen molar-refractivity contribution in [2.75, 3.05) is 5.73 Å². The number of terminal acetylenes is 1. The van der Waals surface area contributed by atoms with Gasteiger partial charge in [-0.05, 0) is 30.7 Å². The van der Waals surface area contributed by atoms with Crippen LogP contribution in [0.1, 0.15) is 11.1 Å². The summed E-state index contributed by atoms with van der Waals surface area (Å²) in [6.07, 6.45) is 6.90. The standard InChI is InChI=1S/C14H10N4S/c1-3-9-4-8(2)5-10(6-9)13-18-11-12(15)16-7-17-14(11)19-13/h1,4-7H,2H3,(H2,15,16,17). The summed E-state index contributed by atoms with van der Waals surface area (Å²) in [4.78, 5) is 13.4. The zero-order valence-corrected chi connectivity index (χ0v) is 11.0. The molecule has 0 aliphatic heterocycles. The highest BCUT2D eigenvalue weighted by Crippen LogP contribution is 2.31. The normalized spacial score (nSPS) is 10.5. The smallest absolute Gasteiger partial charge is 0.154 e. The molecule has 3 aromatic rings. The van der Waals surface area contributed by atoms with Crippen molar-refractivity contribution in [1.82, 2.24) is 15.0 Å². The number of fused-ring (bicyclic) bond motifs is 1. The molecule has 19 heavy (non-hydrogen) atoms. The van der Waals surface area contributed by atoms with Crippen molar-refractivity contribution in [3.05, 3.63) is 35.7 Å². The first kappa shape index (κ1) is 11.6. The second-order valence-electron chi connectivity index (χ2n) is 4.16. The molecule has 0 aliphatic carbocycles. The Morgan fingerprint density at radius 3 is 2.84 bits per heavy atom. The Kier molecular flexibility index (Phi) is 2.65. The lowest BCUT2D eigenvalue weighted by molar-refractivity contribution is 1.23. The van der Waals surface area contributed by atoms with Crippen molar-refractivity contribution >= 4 is 27.5 Å². The van der Waals surface area contributed by atoms with Gasteiger partial charge < -0.3 is 5.73 Å². The first-order chi connectivity index (χ1) is 9.17. The first-order valence-electron chi connectivity index (χ1n) is 5.63.